The minimum Gasteiger partial charge on any atom is -0.383 e. The van der Waals surface area contributed by atoms with Crippen LogP contribution in [0.1, 0.15) is 25.8 Å². The van der Waals surface area contributed by atoms with Gasteiger partial charge in [-0.15, -0.1) is 0 Å². The van der Waals surface area contributed by atoms with Crippen molar-refractivity contribution < 1.29 is 0 Å². The third-order valence-corrected chi connectivity index (χ3v) is 4.32. The lowest BCUT2D eigenvalue weighted by molar-refractivity contribution is 0.128. The van der Waals surface area contributed by atoms with Gasteiger partial charge in [-0.1, -0.05) is 25.1 Å². The van der Waals surface area contributed by atoms with Gasteiger partial charge in [-0.2, -0.15) is 0 Å². The van der Waals surface area contributed by atoms with Gasteiger partial charge >= 0.3 is 0 Å². The topological polar surface area (TPSA) is 18.5 Å². The molecule has 0 fully saturated rings. The van der Waals surface area contributed by atoms with Crippen molar-refractivity contribution >= 4 is 5.69 Å². The molecule has 2 atom stereocenters. The van der Waals surface area contributed by atoms with Gasteiger partial charge in [0.15, 0.2) is 0 Å². The van der Waals surface area contributed by atoms with Crippen molar-refractivity contribution in [1.82, 2.24) is 9.80 Å². The van der Waals surface area contributed by atoms with Crippen LogP contribution in [0.2, 0.25) is 0 Å². The van der Waals surface area contributed by atoms with E-state index in [1.807, 2.05) is 0 Å². The van der Waals surface area contributed by atoms with E-state index in [0.29, 0.717) is 12.1 Å². The van der Waals surface area contributed by atoms with Crippen LogP contribution in [-0.2, 0) is 6.42 Å². The van der Waals surface area contributed by atoms with Gasteiger partial charge in [0, 0.05) is 30.9 Å². The molecule has 112 valence electrons. The van der Waals surface area contributed by atoms with Gasteiger partial charge in [0.1, 0.15) is 0 Å². The number of fused-ring (bicyclic) bond motifs is 1. The Labute approximate surface area is 124 Å². The van der Waals surface area contributed by atoms with Gasteiger partial charge in [0.25, 0.3) is 0 Å². The summed E-state index contributed by atoms with van der Waals surface area (Å²) in [5, 5.41) is 3.64. The van der Waals surface area contributed by atoms with Crippen LogP contribution in [-0.4, -0.2) is 55.6 Å². The first kappa shape index (κ1) is 15.3. The molecule has 20 heavy (non-hydrogen) atoms. The van der Waals surface area contributed by atoms with Crippen molar-refractivity contribution in [3.05, 3.63) is 29.8 Å². The molecule has 0 bridgehead atoms. The highest BCUT2D eigenvalue weighted by molar-refractivity contribution is 5.52. The Morgan fingerprint density at radius 3 is 2.75 bits per heavy atom. The SMILES string of the molecule is CCN(C(C)CN(C)C)C1CCc2ccccc2NC1. The Hall–Kier alpha value is -1.06. The van der Waals surface area contributed by atoms with Crippen LogP contribution in [0.25, 0.3) is 0 Å². The Balaban J connectivity index is 2.02. The van der Waals surface area contributed by atoms with Crippen molar-refractivity contribution in [2.75, 3.05) is 39.0 Å². The second-order valence-corrected chi connectivity index (χ2v) is 6.17. The van der Waals surface area contributed by atoms with Crippen molar-refractivity contribution in [1.29, 1.82) is 0 Å². The van der Waals surface area contributed by atoms with E-state index in [2.05, 4.69) is 67.3 Å². The molecule has 0 radical (unpaired) electrons. The summed E-state index contributed by atoms with van der Waals surface area (Å²) < 4.78 is 0. The van der Waals surface area contributed by atoms with Crippen LogP contribution in [0.4, 0.5) is 5.69 Å². The predicted molar refractivity (Wildman–Crippen MR) is 87.4 cm³/mol. The fourth-order valence-electron chi connectivity index (χ4n) is 3.41. The summed E-state index contributed by atoms with van der Waals surface area (Å²) in [6, 6.07) is 9.96. The van der Waals surface area contributed by atoms with Crippen molar-refractivity contribution in [3.8, 4) is 0 Å². The zero-order valence-electron chi connectivity index (χ0n) is 13.4. The Kier molecular flexibility index (Phi) is 5.44. The molecule has 0 aliphatic carbocycles. The first-order valence-electron chi connectivity index (χ1n) is 7.84. The van der Waals surface area contributed by atoms with Crippen LogP contribution in [0.15, 0.2) is 24.3 Å². The van der Waals surface area contributed by atoms with E-state index in [9.17, 15) is 0 Å². The number of nitrogens with one attached hydrogen (secondary N) is 1. The summed E-state index contributed by atoms with van der Waals surface area (Å²) in [7, 11) is 4.32. The van der Waals surface area contributed by atoms with Gasteiger partial charge in [0.05, 0.1) is 0 Å². The number of aryl methyl sites for hydroxylation is 1. The van der Waals surface area contributed by atoms with Crippen molar-refractivity contribution in [3.63, 3.8) is 0 Å². The second kappa shape index (κ2) is 7.09. The fraction of sp³-hybridized carbons (Fsp3) is 0.647. The first-order valence-corrected chi connectivity index (χ1v) is 7.84. The zero-order chi connectivity index (χ0) is 14.5. The van der Waals surface area contributed by atoms with Gasteiger partial charge in [-0.05, 0) is 52.0 Å². The molecule has 1 aliphatic rings. The Bertz CT molecular complexity index is 389. The molecule has 3 nitrogen and oxygen atoms in total. The summed E-state index contributed by atoms with van der Waals surface area (Å²) >= 11 is 0. The molecule has 0 amide bonds. The number of hydrogen-bond donors (Lipinski definition) is 1. The number of benzene rings is 1. The Morgan fingerprint density at radius 2 is 2.05 bits per heavy atom. The van der Waals surface area contributed by atoms with Gasteiger partial charge in [0.2, 0.25) is 0 Å². The molecule has 0 spiro atoms. The number of likely N-dealkylation sites (N-methyl/N-ethyl adjacent to an activating group) is 2. The van der Waals surface area contributed by atoms with Crippen LogP contribution in [0.3, 0.4) is 0 Å². The summed E-state index contributed by atoms with van der Waals surface area (Å²) in [6.07, 6.45) is 2.43. The summed E-state index contributed by atoms with van der Waals surface area (Å²) in [4.78, 5) is 4.94. The fourth-order valence-corrected chi connectivity index (χ4v) is 3.41. The van der Waals surface area contributed by atoms with Crippen molar-refractivity contribution in [2.45, 2.75) is 38.8 Å². The molecule has 1 aliphatic heterocycles. The molecule has 3 heteroatoms. The lowest BCUT2D eigenvalue weighted by atomic mass is 10.0. The number of nitrogens with zero attached hydrogens (tertiary/aromatic N) is 2. The number of hydrogen-bond acceptors (Lipinski definition) is 3. The minimum absolute atomic E-state index is 0.600. The largest absolute Gasteiger partial charge is 0.383 e. The van der Waals surface area contributed by atoms with Crippen LogP contribution in [0, 0.1) is 0 Å². The van der Waals surface area contributed by atoms with E-state index < -0.39 is 0 Å². The summed E-state index contributed by atoms with van der Waals surface area (Å²) in [6.45, 7) is 7.93. The second-order valence-electron chi connectivity index (χ2n) is 6.17. The molecular formula is C17H29N3. The molecule has 1 N–H and O–H groups in total. The highest BCUT2D eigenvalue weighted by Gasteiger charge is 2.24. The van der Waals surface area contributed by atoms with E-state index in [4.69, 9.17) is 0 Å². The molecule has 0 saturated heterocycles. The van der Waals surface area contributed by atoms with Crippen molar-refractivity contribution in [2.24, 2.45) is 0 Å². The minimum atomic E-state index is 0.600. The third kappa shape index (κ3) is 3.74. The normalized spacial score (nSPS) is 20.4. The molecule has 1 aromatic carbocycles. The van der Waals surface area contributed by atoms with E-state index in [0.717, 1.165) is 19.6 Å². The molecule has 0 aromatic heterocycles. The first-order chi connectivity index (χ1) is 9.61. The maximum absolute atomic E-state index is 3.64. The molecule has 1 aromatic rings. The molecule has 2 unspecified atom stereocenters. The summed E-state index contributed by atoms with van der Waals surface area (Å²) in [5.41, 5.74) is 2.79. The Morgan fingerprint density at radius 1 is 1.30 bits per heavy atom. The molecule has 2 rings (SSSR count). The van der Waals surface area contributed by atoms with Gasteiger partial charge < -0.3 is 10.2 Å². The number of rotatable bonds is 5. The highest BCUT2D eigenvalue weighted by Crippen LogP contribution is 2.23. The van der Waals surface area contributed by atoms with Gasteiger partial charge in [-0.25, -0.2) is 0 Å². The predicted octanol–water partition coefficient (Wildman–Crippen LogP) is 2.69. The number of anilines is 1. The zero-order valence-corrected chi connectivity index (χ0v) is 13.4. The van der Waals surface area contributed by atoms with Crippen LogP contribution < -0.4 is 5.32 Å². The smallest absolute Gasteiger partial charge is 0.0373 e. The monoisotopic (exact) mass is 275 g/mol. The lowest BCUT2D eigenvalue weighted by Crippen LogP contribution is -2.48. The highest BCUT2D eigenvalue weighted by atomic mass is 15.2. The van der Waals surface area contributed by atoms with E-state index >= 15 is 0 Å². The standard InChI is InChI=1S/C17H29N3/c1-5-20(14(2)13-19(3)4)16-11-10-15-8-6-7-9-17(15)18-12-16/h6-9,14,16,18H,5,10-13H2,1-4H3. The third-order valence-electron chi connectivity index (χ3n) is 4.32. The lowest BCUT2D eigenvalue weighted by Gasteiger charge is -2.36. The average molecular weight is 275 g/mol. The quantitative estimate of drug-likeness (QED) is 0.891. The maximum atomic E-state index is 3.64. The van der Waals surface area contributed by atoms with Gasteiger partial charge in [-0.3, -0.25) is 4.90 Å². The molecule has 0 saturated carbocycles. The molecule has 1 heterocycles. The average Bonchev–Trinajstić information content (AvgIpc) is 2.62. The van der Waals surface area contributed by atoms with E-state index in [1.165, 1.54) is 24.1 Å². The van der Waals surface area contributed by atoms with Crippen LogP contribution >= 0.6 is 0 Å². The van der Waals surface area contributed by atoms with E-state index in [1.54, 1.807) is 0 Å². The van der Waals surface area contributed by atoms with E-state index in [-0.39, 0.29) is 0 Å². The van der Waals surface area contributed by atoms with Crippen LogP contribution in [0.5, 0.6) is 0 Å². The summed E-state index contributed by atoms with van der Waals surface area (Å²) in [5.74, 6) is 0. The molecular weight excluding hydrogens is 246 g/mol. The maximum Gasteiger partial charge on any atom is 0.0373 e. The number of para-hydroxylation sites is 1.